The Morgan fingerprint density at radius 1 is 1.24 bits per heavy atom. The Bertz CT molecular complexity index is 721. The molecule has 10 heteroatoms. The SMILES string of the molecule is CCCn1cc(Oc2nc(N)nc(-n3cncn3)n2)cn1. The van der Waals surface area contributed by atoms with Gasteiger partial charge in [0.05, 0.1) is 12.4 Å². The topological polar surface area (TPSA) is 122 Å². The van der Waals surface area contributed by atoms with Crippen molar-refractivity contribution >= 4 is 5.95 Å². The van der Waals surface area contributed by atoms with Crippen molar-refractivity contribution in [2.45, 2.75) is 19.9 Å². The molecule has 3 aromatic heterocycles. The van der Waals surface area contributed by atoms with E-state index in [1.54, 1.807) is 17.1 Å². The van der Waals surface area contributed by atoms with Gasteiger partial charge < -0.3 is 10.5 Å². The molecular formula is C11H13N9O. The molecule has 0 aromatic carbocycles. The van der Waals surface area contributed by atoms with Crippen molar-refractivity contribution in [3.63, 3.8) is 0 Å². The molecule has 0 atom stereocenters. The van der Waals surface area contributed by atoms with Gasteiger partial charge in [0.15, 0.2) is 5.75 Å². The van der Waals surface area contributed by atoms with Gasteiger partial charge >= 0.3 is 6.01 Å². The number of aryl methyl sites for hydroxylation is 1. The van der Waals surface area contributed by atoms with Crippen molar-refractivity contribution in [1.29, 1.82) is 0 Å². The number of ether oxygens (including phenoxy) is 1. The lowest BCUT2D eigenvalue weighted by Gasteiger charge is -2.04. The normalized spacial score (nSPS) is 10.7. The molecular weight excluding hydrogens is 274 g/mol. The molecule has 0 aliphatic heterocycles. The number of aromatic nitrogens is 8. The summed E-state index contributed by atoms with van der Waals surface area (Å²) < 4.78 is 8.68. The second-order valence-corrected chi connectivity index (χ2v) is 4.16. The number of rotatable bonds is 5. The Hall–Kier alpha value is -3.04. The third-order valence-electron chi connectivity index (χ3n) is 2.52. The van der Waals surface area contributed by atoms with Crippen LogP contribution in [-0.2, 0) is 6.54 Å². The number of anilines is 1. The number of hydrogen-bond donors (Lipinski definition) is 1. The lowest BCUT2D eigenvalue weighted by molar-refractivity contribution is 0.437. The van der Waals surface area contributed by atoms with Crippen molar-refractivity contribution in [3.8, 4) is 17.7 Å². The highest BCUT2D eigenvalue weighted by Gasteiger charge is 2.10. The summed E-state index contributed by atoms with van der Waals surface area (Å²) in [7, 11) is 0. The number of nitrogens with two attached hydrogens (primary N) is 1. The van der Waals surface area contributed by atoms with Gasteiger partial charge in [0.2, 0.25) is 5.95 Å². The quantitative estimate of drug-likeness (QED) is 0.716. The van der Waals surface area contributed by atoms with Gasteiger partial charge in [-0.2, -0.15) is 29.8 Å². The molecule has 3 rings (SSSR count). The fourth-order valence-electron chi connectivity index (χ4n) is 1.67. The zero-order chi connectivity index (χ0) is 14.7. The van der Waals surface area contributed by atoms with E-state index in [2.05, 4.69) is 37.1 Å². The monoisotopic (exact) mass is 287 g/mol. The third kappa shape index (κ3) is 2.94. The molecule has 3 heterocycles. The molecule has 0 aliphatic rings. The van der Waals surface area contributed by atoms with Crippen LogP contribution in [0.1, 0.15) is 13.3 Å². The number of nitrogen functional groups attached to an aromatic ring is 1. The summed E-state index contributed by atoms with van der Waals surface area (Å²) in [6.45, 7) is 2.88. The fourth-order valence-corrected chi connectivity index (χ4v) is 1.67. The molecule has 0 aliphatic carbocycles. The van der Waals surface area contributed by atoms with Crippen LogP contribution in [0.25, 0.3) is 5.95 Å². The van der Waals surface area contributed by atoms with Crippen LogP contribution in [0, 0.1) is 0 Å². The summed E-state index contributed by atoms with van der Waals surface area (Å²) in [6, 6.07) is 0.0732. The van der Waals surface area contributed by atoms with Gasteiger partial charge in [-0.15, -0.1) is 0 Å². The lowest BCUT2D eigenvalue weighted by Crippen LogP contribution is -2.07. The first-order chi connectivity index (χ1) is 10.2. The van der Waals surface area contributed by atoms with Crippen molar-refractivity contribution in [3.05, 3.63) is 25.0 Å². The molecule has 0 bridgehead atoms. The smallest absolute Gasteiger partial charge is 0.328 e. The molecule has 0 saturated heterocycles. The van der Waals surface area contributed by atoms with Crippen molar-refractivity contribution in [2.75, 3.05) is 5.73 Å². The number of nitrogens with zero attached hydrogens (tertiary/aromatic N) is 8. The average molecular weight is 287 g/mol. The van der Waals surface area contributed by atoms with E-state index in [1.165, 1.54) is 17.3 Å². The van der Waals surface area contributed by atoms with Crippen LogP contribution in [0.2, 0.25) is 0 Å². The lowest BCUT2D eigenvalue weighted by atomic mass is 10.5. The van der Waals surface area contributed by atoms with E-state index in [0.29, 0.717) is 5.75 Å². The Morgan fingerprint density at radius 2 is 2.14 bits per heavy atom. The molecule has 3 aromatic rings. The van der Waals surface area contributed by atoms with E-state index < -0.39 is 0 Å². The number of hydrogen-bond acceptors (Lipinski definition) is 8. The maximum absolute atomic E-state index is 5.65. The summed E-state index contributed by atoms with van der Waals surface area (Å²) in [4.78, 5) is 15.8. The zero-order valence-electron chi connectivity index (χ0n) is 11.3. The Labute approximate surface area is 119 Å². The van der Waals surface area contributed by atoms with Crippen molar-refractivity contribution in [1.82, 2.24) is 39.5 Å². The molecule has 0 unspecified atom stereocenters. The summed E-state index contributed by atoms with van der Waals surface area (Å²) in [5.74, 6) is 0.793. The van der Waals surface area contributed by atoms with E-state index in [9.17, 15) is 0 Å². The summed E-state index contributed by atoms with van der Waals surface area (Å²) in [5.41, 5.74) is 5.65. The summed E-state index contributed by atoms with van der Waals surface area (Å²) >= 11 is 0. The standard InChI is InChI=1S/C11H13N9O/c1-2-3-19-5-8(4-14-19)21-11-17-9(12)16-10(18-11)20-7-13-6-15-20/h4-7H,2-3H2,1H3,(H2,12,16,17,18). The third-order valence-corrected chi connectivity index (χ3v) is 2.52. The second-order valence-electron chi connectivity index (χ2n) is 4.16. The summed E-state index contributed by atoms with van der Waals surface area (Å²) in [6.07, 6.45) is 7.16. The highest BCUT2D eigenvalue weighted by atomic mass is 16.5. The fraction of sp³-hybridized carbons (Fsp3) is 0.273. The van der Waals surface area contributed by atoms with Crippen molar-refractivity contribution in [2.24, 2.45) is 0 Å². The molecule has 108 valence electrons. The van der Waals surface area contributed by atoms with E-state index in [-0.39, 0.29) is 17.9 Å². The first-order valence-electron chi connectivity index (χ1n) is 6.31. The van der Waals surface area contributed by atoms with Gasteiger partial charge in [-0.1, -0.05) is 6.92 Å². The molecule has 21 heavy (non-hydrogen) atoms. The first kappa shape index (κ1) is 13.0. The van der Waals surface area contributed by atoms with Gasteiger partial charge in [0, 0.05) is 6.54 Å². The van der Waals surface area contributed by atoms with Crippen LogP contribution < -0.4 is 10.5 Å². The van der Waals surface area contributed by atoms with E-state index in [4.69, 9.17) is 10.5 Å². The van der Waals surface area contributed by atoms with Gasteiger partial charge in [-0.25, -0.2) is 4.98 Å². The van der Waals surface area contributed by atoms with Crippen LogP contribution in [0.4, 0.5) is 5.95 Å². The summed E-state index contributed by atoms with van der Waals surface area (Å²) in [5, 5.41) is 8.09. The maximum atomic E-state index is 5.65. The van der Waals surface area contributed by atoms with Gasteiger partial charge in [-0.3, -0.25) is 4.68 Å². The van der Waals surface area contributed by atoms with E-state index in [0.717, 1.165) is 13.0 Å². The van der Waals surface area contributed by atoms with E-state index in [1.807, 2.05) is 0 Å². The molecule has 0 spiro atoms. The highest BCUT2D eigenvalue weighted by Crippen LogP contribution is 2.18. The minimum absolute atomic E-state index is 0.0338. The molecule has 0 saturated carbocycles. The van der Waals surface area contributed by atoms with Gasteiger partial charge in [0.25, 0.3) is 5.95 Å². The zero-order valence-corrected chi connectivity index (χ0v) is 11.3. The minimum atomic E-state index is 0.0338. The van der Waals surface area contributed by atoms with Crippen LogP contribution in [-0.4, -0.2) is 39.5 Å². The van der Waals surface area contributed by atoms with Crippen LogP contribution in [0.5, 0.6) is 11.8 Å². The predicted molar refractivity (Wildman–Crippen MR) is 71.7 cm³/mol. The average Bonchev–Trinajstić information content (AvgIpc) is 3.10. The van der Waals surface area contributed by atoms with Crippen molar-refractivity contribution < 1.29 is 4.74 Å². The van der Waals surface area contributed by atoms with Crippen LogP contribution in [0.3, 0.4) is 0 Å². The Balaban J connectivity index is 1.84. The van der Waals surface area contributed by atoms with E-state index >= 15 is 0 Å². The predicted octanol–water partition coefficient (Wildman–Crippen LogP) is 0.433. The molecule has 0 fully saturated rings. The molecule has 2 N–H and O–H groups in total. The molecule has 0 radical (unpaired) electrons. The second kappa shape index (κ2) is 5.53. The Kier molecular flexibility index (Phi) is 3.41. The molecule has 0 amide bonds. The first-order valence-corrected chi connectivity index (χ1v) is 6.31. The molecule has 10 nitrogen and oxygen atoms in total. The maximum Gasteiger partial charge on any atom is 0.328 e. The highest BCUT2D eigenvalue weighted by molar-refractivity contribution is 5.26. The Morgan fingerprint density at radius 3 is 2.90 bits per heavy atom. The largest absolute Gasteiger partial charge is 0.421 e. The van der Waals surface area contributed by atoms with Gasteiger partial charge in [0.1, 0.15) is 12.7 Å². The van der Waals surface area contributed by atoms with Gasteiger partial charge in [-0.05, 0) is 6.42 Å². The minimum Gasteiger partial charge on any atom is -0.421 e. The van der Waals surface area contributed by atoms with Crippen LogP contribution >= 0.6 is 0 Å². The van der Waals surface area contributed by atoms with Crippen LogP contribution in [0.15, 0.2) is 25.0 Å².